The fourth-order valence-corrected chi connectivity index (χ4v) is 5.57. The first-order valence-corrected chi connectivity index (χ1v) is 13.6. The van der Waals surface area contributed by atoms with E-state index in [2.05, 4.69) is 27.7 Å². The van der Waals surface area contributed by atoms with Gasteiger partial charge in [0.2, 0.25) is 0 Å². The van der Waals surface area contributed by atoms with Crippen LogP contribution in [0, 0.1) is 5.92 Å². The van der Waals surface area contributed by atoms with Gasteiger partial charge in [-0.2, -0.15) is 0 Å². The molecular formula is C31H33N3O5. The molecule has 202 valence electrons. The Morgan fingerprint density at radius 3 is 2.56 bits per heavy atom. The monoisotopic (exact) mass is 527 g/mol. The second kappa shape index (κ2) is 11.7. The molecule has 8 nitrogen and oxygen atoms in total. The van der Waals surface area contributed by atoms with Gasteiger partial charge in [-0.1, -0.05) is 54.6 Å². The summed E-state index contributed by atoms with van der Waals surface area (Å²) in [5.41, 5.74) is 3.14. The summed E-state index contributed by atoms with van der Waals surface area (Å²) in [5.74, 6) is 0.911. The Balaban J connectivity index is 1.09. The van der Waals surface area contributed by atoms with E-state index in [1.54, 1.807) is 24.3 Å². The molecule has 2 N–H and O–H groups in total. The Morgan fingerprint density at radius 1 is 1.00 bits per heavy atom. The molecule has 4 atom stereocenters. The number of ether oxygens (including phenoxy) is 3. The molecule has 3 aromatic carbocycles. The predicted molar refractivity (Wildman–Crippen MR) is 147 cm³/mol. The van der Waals surface area contributed by atoms with Crippen molar-refractivity contribution in [2.24, 2.45) is 5.92 Å². The van der Waals surface area contributed by atoms with Gasteiger partial charge in [0, 0.05) is 17.8 Å². The molecule has 3 aromatic rings. The molecule has 4 aliphatic rings. The van der Waals surface area contributed by atoms with Gasteiger partial charge in [-0.25, -0.2) is 0 Å². The number of hydrogen-bond acceptors (Lipinski definition) is 7. The summed E-state index contributed by atoms with van der Waals surface area (Å²) in [4.78, 5) is 25.9. The zero-order valence-corrected chi connectivity index (χ0v) is 21.7. The number of anilines is 1. The zero-order valence-electron chi connectivity index (χ0n) is 21.7. The molecule has 4 heterocycles. The van der Waals surface area contributed by atoms with E-state index >= 15 is 0 Å². The average molecular weight is 528 g/mol. The quantitative estimate of drug-likeness (QED) is 0.288. The number of aldehydes is 1. The molecule has 39 heavy (non-hydrogen) atoms. The lowest BCUT2D eigenvalue weighted by molar-refractivity contribution is -0.118. The minimum atomic E-state index is -0.305. The summed E-state index contributed by atoms with van der Waals surface area (Å²) in [6.07, 6.45) is 2.96. The molecule has 0 saturated carbocycles. The van der Waals surface area contributed by atoms with E-state index in [-0.39, 0.29) is 37.2 Å². The molecule has 0 spiro atoms. The highest BCUT2D eigenvalue weighted by Crippen LogP contribution is 2.35. The van der Waals surface area contributed by atoms with Crippen LogP contribution >= 0.6 is 0 Å². The topological polar surface area (TPSA) is 92.4 Å². The Hall–Kier alpha value is -3.56. The molecule has 4 saturated heterocycles. The van der Waals surface area contributed by atoms with Crippen molar-refractivity contribution in [1.82, 2.24) is 10.2 Å². The summed E-state index contributed by atoms with van der Waals surface area (Å²) in [6, 6.07) is 24.5. The van der Waals surface area contributed by atoms with Gasteiger partial charge < -0.3 is 24.4 Å². The summed E-state index contributed by atoms with van der Waals surface area (Å²) >= 11 is 0. The summed E-state index contributed by atoms with van der Waals surface area (Å²) in [7, 11) is 0. The molecular weight excluding hydrogens is 494 g/mol. The highest BCUT2D eigenvalue weighted by molar-refractivity contribution is 5.92. The van der Waals surface area contributed by atoms with Crippen LogP contribution in [-0.4, -0.2) is 62.0 Å². The van der Waals surface area contributed by atoms with Crippen LogP contribution < -0.4 is 15.4 Å². The molecule has 2 bridgehead atoms. The van der Waals surface area contributed by atoms with E-state index < -0.39 is 0 Å². The fraction of sp³-hybridized carbons (Fsp3) is 0.355. The van der Waals surface area contributed by atoms with E-state index in [1.165, 1.54) is 25.9 Å². The van der Waals surface area contributed by atoms with Gasteiger partial charge in [0.25, 0.3) is 5.91 Å². The normalized spacial score (nSPS) is 26.0. The number of carbonyl (C=O) groups is 2. The van der Waals surface area contributed by atoms with Crippen LogP contribution in [0.15, 0.2) is 78.9 Å². The number of epoxide rings is 1. The first kappa shape index (κ1) is 25.7. The Morgan fingerprint density at radius 2 is 1.79 bits per heavy atom. The van der Waals surface area contributed by atoms with Crippen molar-refractivity contribution < 1.29 is 23.8 Å². The third-order valence-corrected chi connectivity index (χ3v) is 7.69. The maximum Gasteiger partial charge on any atom is 0.262 e. The Kier molecular flexibility index (Phi) is 7.69. The van der Waals surface area contributed by atoms with Crippen LogP contribution in [0.3, 0.4) is 0 Å². The number of carbonyl (C=O) groups excluding carboxylic acids is 2. The number of rotatable bonds is 11. The number of fused-ring (bicyclic) bond motifs is 3. The standard InChI is InChI=1S/C31H33N3O5/c35-19-21-6-4-10-25(16-21)32-28(36)20-37-26-11-5-9-24(17-26)29(23-7-2-1-3-8-23)33-30-31(39-30)38-27-18-34-14-12-22(27)13-15-34/h1-11,16-17,19,22,27,29-31,33H,12-15,18,20H2,(H,32,36). The molecule has 8 heteroatoms. The molecule has 4 unspecified atom stereocenters. The van der Waals surface area contributed by atoms with Crippen LogP contribution in [0.5, 0.6) is 5.75 Å². The van der Waals surface area contributed by atoms with Crippen LogP contribution in [0.25, 0.3) is 0 Å². The lowest BCUT2D eigenvalue weighted by Gasteiger charge is -2.44. The molecule has 0 aliphatic carbocycles. The van der Waals surface area contributed by atoms with Crippen LogP contribution in [0.4, 0.5) is 5.69 Å². The highest BCUT2D eigenvalue weighted by atomic mass is 16.8. The number of nitrogens with zero attached hydrogens (tertiary/aromatic N) is 1. The maximum absolute atomic E-state index is 12.5. The third kappa shape index (κ3) is 6.37. The second-order valence-electron chi connectivity index (χ2n) is 10.4. The number of nitrogens with one attached hydrogen (secondary N) is 2. The zero-order chi connectivity index (χ0) is 26.6. The molecule has 7 rings (SSSR count). The largest absolute Gasteiger partial charge is 0.484 e. The van der Waals surface area contributed by atoms with Crippen molar-refractivity contribution in [3.63, 3.8) is 0 Å². The summed E-state index contributed by atoms with van der Waals surface area (Å²) in [6.45, 7) is 3.21. The average Bonchev–Trinajstić information content (AvgIpc) is 3.73. The Bertz CT molecular complexity index is 1290. The SMILES string of the molecule is O=Cc1cccc(NC(=O)COc2cccc(C(NC3OC3OC3CN4CCC3CC4)c3ccccc3)c2)c1. The highest BCUT2D eigenvalue weighted by Gasteiger charge is 2.46. The van der Waals surface area contributed by atoms with Crippen molar-refractivity contribution in [3.8, 4) is 5.75 Å². The van der Waals surface area contributed by atoms with E-state index in [0.717, 1.165) is 24.0 Å². The third-order valence-electron chi connectivity index (χ3n) is 7.69. The number of amides is 1. The molecule has 4 fully saturated rings. The molecule has 0 aromatic heterocycles. The van der Waals surface area contributed by atoms with Crippen LogP contribution in [0.2, 0.25) is 0 Å². The molecule has 0 radical (unpaired) electrons. The van der Waals surface area contributed by atoms with E-state index in [0.29, 0.717) is 22.9 Å². The van der Waals surface area contributed by atoms with E-state index in [1.807, 2.05) is 42.5 Å². The summed E-state index contributed by atoms with van der Waals surface area (Å²) in [5, 5.41) is 6.38. The van der Waals surface area contributed by atoms with Crippen molar-refractivity contribution in [3.05, 3.63) is 95.6 Å². The van der Waals surface area contributed by atoms with Crippen LogP contribution in [0.1, 0.15) is 40.4 Å². The van der Waals surface area contributed by atoms with Gasteiger partial charge in [-0.15, -0.1) is 0 Å². The van der Waals surface area contributed by atoms with Crippen molar-refractivity contribution >= 4 is 17.9 Å². The van der Waals surface area contributed by atoms with Crippen molar-refractivity contribution in [2.75, 3.05) is 31.6 Å². The smallest absolute Gasteiger partial charge is 0.262 e. The van der Waals surface area contributed by atoms with Gasteiger partial charge in [0.05, 0.1) is 12.1 Å². The first-order chi connectivity index (χ1) is 19.1. The minimum Gasteiger partial charge on any atom is -0.484 e. The lowest BCUT2D eigenvalue weighted by atomic mass is 9.86. The Labute approximate surface area is 228 Å². The minimum absolute atomic E-state index is 0.139. The fourth-order valence-electron chi connectivity index (χ4n) is 5.57. The van der Waals surface area contributed by atoms with Gasteiger partial charge in [0.1, 0.15) is 12.0 Å². The predicted octanol–water partition coefficient (Wildman–Crippen LogP) is 3.99. The van der Waals surface area contributed by atoms with Gasteiger partial charge in [-0.3, -0.25) is 14.9 Å². The lowest BCUT2D eigenvalue weighted by Crippen LogP contribution is -2.51. The van der Waals surface area contributed by atoms with Gasteiger partial charge in [-0.05, 0) is 67.2 Å². The first-order valence-electron chi connectivity index (χ1n) is 13.6. The number of benzene rings is 3. The second-order valence-corrected chi connectivity index (χ2v) is 10.4. The molecule has 4 aliphatic heterocycles. The summed E-state index contributed by atoms with van der Waals surface area (Å²) < 4.78 is 18.1. The van der Waals surface area contributed by atoms with Gasteiger partial charge in [0.15, 0.2) is 19.1 Å². The van der Waals surface area contributed by atoms with Crippen LogP contribution in [-0.2, 0) is 14.3 Å². The number of piperidine rings is 3. The van der Waals surface area contributed by atoms with E-state index in [9.17, 15) is 9.59 Å². The maximum atomic E-state index is 12.5. The van der Waals surface area contributed by atoms with Gasteiger partial charge >= 0.3 is 0 Å². The number of hydrogen-bond donors (Lipinski definition) is 2. The van der Waals surface area contributed by atoms with Crippen molar-refractivity contribution in [1.29, 1.82) is 0 Å². The van der Waals surface area contributed by atoms with Crippen molar-refractivity contribution in [2.45, 2.75) is 37.5 Å². The van der Waals surface area contributed by atoms with E-state index in [4.69, 9.17) is 14.2 Å². The molecule has 1 amide bonds.